The zero-order chi connectivity index (χ0) is 17.3. The monoisotopic (exact) mass is 339 g/mol. The number of morpholine rings is 1. The van der Waals surface area contributed by atoms with Crippen LogP contribution in [0.3, 0.4) is 0 Å². The maximum Gasteiger partial charge on any atom is 0.315 e. The Hall–Kier alpha value is -2.37. The summed E-state index contributed by atoms with van der Waals surface area (Å²) in [4.78, 5) is 14.3. The summed E-state index contributed by atoms with van der Waals surface area (Å²) in [6.45, 7) is 4.41. The Morgan fingerprint density at radius 2 is 1.68 bits per heavy atom. The molecular weight excluding hydrogens is 314 g/mol. The fraction of sp³-hybridized carbons (Fsp3) is 0.350. The van der Waals surface area contributed by atoms with Crippen LogP contribution in [0.2, 0.25) is 0 Å². The Labute approximate surface area is 149 Å². The van der Waals surface area contributed by atoms with Crippen molar-refractivity contribution in [1.29, 1.82) is 0 Å². The summed E-state index contributed by atoms with van der Waals surface area (Å²) in [5.74, 6) is 0. The van der Waals surface area contributed by atoms with E-state index in [2.05, 4.69) is 39.8 Å². The van der Waals surface area contributed by atoms with Gasteiger partial charge in [-0.25, -0.2) is 4.79 Å². The molecule has 1 atom stereocenters. The van der Waals surface area contributed by atoms with Gasteiger partial charge in [-0.3, -0.25) is 4.90 Å². The minimum Gasteiger partial charge on any atom is -0.374 e. The molecule has 1 aliphatic heterocycles. The topological polar surface area (TPSA) is 53.6 Å². The smallest absolute Gasteiger partial charge is 0.315 e. The number of rotatable bonds is 6. The third-order valence-electron chi connectivity index (χ3n) is 4.26. The lowest BCUT2D eigenvalue weighted by atomic mass is 10.2. The first-order chi connectivity index (χ1) is 12.3. The second-order valence-electron chi connectivity index (χ2n) is 6.26. The van der Waals surface area contributed by atoms with Crippen LogP contribution in [-0.2, 0) is 17.8 Å². The van der Waals surface area contributed by atoms with Gasteiger partial charge < -0.3 is 15.4 Å². The Morgan fingerprint density at radius 1 is 1.00 bits per heavy atom. The summed E-state index contributed by atoms with van der Waals surface area (Å²) < 4.78 is 5.77. The number of hydrogen-bond donors (Lipinski definition) is 2. The molecule has 0 aliphatic carbocycles. The highest BCUT2D eigenvalue weighted by Crippen LogP contribution is 2.10. The number of amides is 2. The predicted octanol–water partition coefficient (Wildman–Crippen LogP) is 2.39. The summed E-state index contributed by atoms with van der Waals surface area (Å²) in [5, 5.41) is 5.78. The van der Waals surface area contributed by atoms with E-state index in [1.54, 1.807) is 0 Å². The SMILES string of the molecule is O=C(NCc1ccccc1)NCC1CN(Cc2ccccc2)CCO1. The fourth-order valence-electron chi connectivity index (χ4n) is 2.94. The average molecular weight is 339 g/mol. The van der Waals surface area contributed by atoms with Crippen LogP contribution < -0.4 is 10.6 Å². The molecule has 2 amide bonds. The van der Waals surface area contributed by atoms with E-state index in [4.69, 9.17) is 4.74 Å². The van der Waals surface area contributed by atoms with Crippen LogP contribution in [0, 0.1) is 0 Å². The molecule has 0 saturated carbocycles. The fourth-order valence-corrected chi connectivity index (χ4v) is 2.94. The molecule has 2 N–H and O–H groups in total. The summed E-state index contributed by atoms with van der Waals surface area (Å²) in [6, 6.07) is 20.1. The van der Waals surface area contributed by atoms with E-state index in [0.717, 1.165) is 25.2 Å². The Balaban J connectivity index is 1.38. The Bertz CT molecular complexity index is 649. The highest BCUT2D eigenvalue weighted by Gasteiger charge is 2.20. The average Bonchev–Trinajstić information content (AvgIpc) is 2.67. The summed E-state index contributed by atoms with van der Waals surface area (Å²) in [7, 11) is 0. The molecule has 0 radical (unpaired) electrons. The van der Waals surface area contributed by atoms with Crippen LogP contribution in [0.4, 0.5) is 4.79 Å². The molecule has 2 aromatic rings. The molecule has 132 valence electrons. The van der Waals surface area contributed by atoms with Gasteiger partial charge >= 0.3 is 6.03 Å². The van der Waals surface area contributed by atoms with Gasteiger partial charge in [0, 0.05) is 32.7 Å². The van der Waals surface area contributed by atoms with Gasteiger partial charge in [-0.05, 0) is 11.1 Å². The molecule has 3 rings (SSSR count). The van der Waals surface area contributed by atoms with Gasteiger partial charge in [0.05, 0.1) is 12.7 Å². The third-order valence-corrected chi connectivity index (χ3v) is 4.26. The van der Waals surface area contributed by atoms with E-state index in [9.17, 15) is 4.79 Å². The molecule has 5 heteroatoms. The first-order valence-corrected chi connectivity index (χ1v) is 8.73. The second-order valence-corrected chi connectivity index (χ2v) is 6.26. The largest absolute Gasteiger partial charge is 0.374 e. The number of benzene rings is 2. The zero-order valence-corrected chi connectivity index (χ0v) is 14.4. The van der Waals surface area contributed by atoms with E-state index in [1.807, 2.05) is 36.4 Å². The molecule has 0 bridgehead atoms. The standard InChI is InChI=1S/C20H25N3O2/c24-20(21-13-17-7-3-1-4-8-17)22-14-19-16-23(11-12-25-19)15-18-9-5-2-6-10-18/h1-10,19H,11-16H2,(H2,21,22,24). The molecule has 1 aliphatic rings. The van der Waals surface area contributed by atoms with Crippen molar-refractivity contribution in [1.82, 2.24) is 15.5 Å². The van der Waals surface area contributed by atoms with Crippen LogP contribution in [0.1, 0.15) is 11.1 Å². The van der Waals surface area contributed by atoms with Crippen LogP contribution >= 0.6 is 0 Å². The molecule has 1 fully saturated rings. The first-order valence-electron chi connectivity index (χ1n) is 8.73. The van der Waals surface area contributed by atoms with Gasteiger partial charge in [0.25, 0.3) is 0 Å². The van der Waals surface area contributed by atoms with Gasteiger partial charge in [-0.1, -0.05) is 60.7 Å². The number of nitrogens with zero attached hydrogens (tertiary/aromatic N) is 1. The van der Waals surface area contributed by atoms with Crippen molar-refractivity contribution in [2.24, 2.45) is 0 Å². The minimum atomic E-state index is -0.160. The van der Waals surface area contributed by atoms with Gasteiger partial charge in [-0.15, -0.1) is 0 Å². The number of nitrogens with one attached hydrogen (secondary N) is 2. The zero-order valence-electron chi connectivity index (χ0n) is 14.4. The highest BCUT2D eigenvalue weighted by molar-refractivity contribution is 5.73. The molecule has 0 spiro atoms. The van der Waals surface area contributed by atoms with Crippen LogP contribution in [0.15, 0.2) is 60.7 Å². The highest BCUT2D eigenvalue weighted by atomic mass is 16.5. The number of hydrogen-bond acceptors (Lipinski definition) is 3. The Morgan fingerprint density at radius 3 is 2.40 bits per heavy atom. The lowest BCUT2D eigenvalue weighted by Crippen LogP contribution is -2.48. The van der Waals surface area contributed by atoms with E-state index >= 15 is 0 Å². The molecular formula is C20H25N3O2. The maximum atomic E-state index is 11.9. The van der Waals surface area contributed by atoms with E-state index in [1.165, 1.54) is 5.56 Å². The Kier molecular flexibility index (Phi) is 6.42. The number of carbonyl (C=O) groups excluding carboxylic acids is 1. The molecule has 0 aromatic heterocycles. The number of ether oxygens (including phenoxy) is 1. The lowest BCUT2D eigenvalue weighted by Gasteiger charge is -2.33. The van der Waals surface area contributed by atoms with Gasteiger partial charge in [0.15, 0.2) is 0 Å². The maximum absolute atomic E-state index is 11.9. The van der Waals surface area contributed by atoms with Crippen LogP contribution in [0.5, 0.6) is 0 Å². The van der Waals surface area contributed by atoms with Crippen molar-refractivity contribution in [3.8, 4) is 0 Å². The van der Waals surface area contributed by atoms with Crippen molar-refractivity contribution in [2.45, 2.75) is 19.2 Å². The molecule has 1 saturated heterocycles. The lowest BCUT2D eigenvalue weighted by molar-refractivity contribution is -0.0287. The number of urea groups is 1. The summed E-state index contributed by atoms with van der Waals surface area (Å²) >= 11 is 0. The van der Waals surface area contributed by atoms with E-state index in [-0.39, 0.29) is 12.1 Å². The van der Waals surface area contributed by atoms with Crippen LogP contribution in [-0.4, -0.2) is 43.3 Å². The first kappa shape index (κ1) is 17.5. The summed E-state index contributed by atoms with van der Waals surface area (Å²) in [5.41, 5.74) is 2.39. The van der Waals surface area contributed by atoms with Crippen molar-refractivity contribution in [3.63, 3.8) is 0 Å². The van der Waals surface area contributed by atoms with Crippen molar-refractivity contribution < 1.29 is 9.53 Å². The summed E-state index contributed by atoms with van der Waals surface area (Å²) in [6.07, 6.45) is 0.0277. The minimum absolute atomic E-state index is 0.0277. The number of carbonyl (C=O) groups is 1. The van der Waals surface area contributed by atoms with Gasteiger partial charge in [0.2, 0.25) is 0 Å². The van der Waals surface area contributed by atoms with Crippen molar-refractivity contribution in [2.75, 3.05) is 26.2 Å². The molecule has 1 heterocycles. The van der Waals surface area contributed by atoms with Gasteiger partial charge in [0.1, 0.15) is 0 Å². The normalized spacial score (nSPS) is 17.8. The van der Waals surface area contributed by atoms with Crippen LogP contribution in [0.25, 0.3) is 0 Å². The third kappa shape index (κ3) is 5.89. The van der Waals surface area contributed by atoms with Crippen molar-refractivity contribution in [3.05, 3.63) is 71.8 Å². The quantitative estimate of drug-likeness (QED) is 0.850. The van der Waals surface area contributed by atoms with E-state index in [0.29, 0.717) is 19.7 Å². The van der Waals surface area contributed by atoms with Crippen molar-refractivity contribution >= 4 is 6.03 Å². The molecule has 1 unspecified atom stereocenters. The molecule has 25 heavy (non-hydrogen) atoms. The van der Waals surface area contributed by atoms with E-state index < -0.39 is 0 Å². The molecule has 2 aromatic carbocycles. The van der Waals surface area contributed by atoms with Gasteiger partial charge in [-0.2, -0.15) is 0 Å². The second kappa shape index (κ2) is 9.20. The molecule has 5 nitrogen and oxygen atoms in total. The predicted molar refractivity (Wildman–Crippen MR) is 98.1 cm³/mol.